The summed E-state index contributed by atoms with van der Waals surface area (Å²) in [7, 11) is 0. The van der Waals surface area contributed by atoms with Gasteiger partial charge in [0.25, 0.3) is 5.91 Å². The summed E-state index contributed by atoms with van der Waals surface area (Å²) in [5, 5.41) is 10.7. The first-order chi connectivity index (χ1) is 9.95. The number of benzene rings is 1. The largest absolute Gasteiger partial charge is 0.479 e. The molecular weight excluding hydrogens is 290 g/mol. The van der Waals surface area contributed by atoms with Gasteiger partial charge < -0.3 is 14.7 Å². The van der Waals surface area contributed by atoms with E-state index in [1.165, 1.54) is 0 Å². The topological polar surface area (TPSA) is 49.8 Å². The van der Waals surface area contributed by atoms with E-state index in [2.05, 4.69) is 0 Å². The molecule has 21 heavy (non-hydrogen) atoms. The van der Waals surface area contributed by atoms with Crippen molar-refractivity contribution in [2.45, 2.75) is 44.8 Å². The van der Waals surface area contributed by atoms with E-state index >= 15 is 0 Å². The summed E-state index contributed by atoms with van der Waals surface area (Å²) in [6, 6.07) is 7.12. The molecule has 1 aliphatic heterocycles. The standard InChI is InChI=1S/C16H22ClNO3/c1-3-16(20)8-10-18(11-9-16)15(19)12(2)21-14-7-5-4-6-13(14)17/h4-7,12,20H,3,8-11H2,1-2H3/t12-/m0/s1. The molecule has 0 aromatic heterocycles. The fourth-order valence-corrected chi connectivity index (χ4v) is 2.72. The van der Waals surface area contributed by atoms with Gasteiger partial charge in [0.05, 0.1) is 10.6 Å². The lowest BCUT2D eigenvalue weighted by Crippen LogP contribution is -2.49. The second kappa shape index (κ2) is 6.67. The van der Waals surface area contributed by atoms with Crippen LogP contribution in [0.4, 0.5) is 0 Å². The van der Waals surface area contributed by atoms with Gasteiger partial charge in [0.15, 0.2) is 6.10 Å². The molecule has 1 saturated heterocycles. The number of likely N-dealkylation sites (tertiary alicyclic amines) is 1. The zero-order valence-corrected chi connectivity index (χ0v) is 13.3. The highest BCUT2D eigenvalue weighted by Crippen LogP contribution is 2.27. The molecule has 1 aliphatic rings. The average Bonchev–Trinajstić information content (AvgIpc) is 2.49. The number of para-hydroxylation sites is 1. The Bertz CT molecular complexity index is 498. The van der Waals surface area contributed by atoms with E-state index in [0.717, 1.165) is 6.42 Å². The van der Waals surface area contributed by atoms with Crippen LogP contribution in [-0.2, 0) is 4.79 Å². The van der Waals surface area contributed by atoms with Gasteiger partial charge >= 0.3 is 0 Å². The highest BCUT2D eigenvalue weighted by molar-refractivity contribution is 6.32. The van der Waals surface area contributed by atoms with Crippen LogP contribution >= 0.6 is 11.6 Å². The molecule has 116 valence electrons. The highest BCUT2D eigenvalue weighted by atomic mass is 35.5. The Morgan fingerprint density at radius 1 is 1.43 bits per heavy atom. The minimum atomic E-state index is -0.621. The van der Waals surface area contributed by atoms with Gasteiger partial charge in [0.1, 0.15) is 5.75 Å². The molecule has 1 heterocycles. The van der Waals surface area contributed by atoms with Gasteiger partial charge in [-0.25, -0.2) is 0 Å². The zero-order valence-electron chi connectivity index (χ0n) is 12.5. The van der Waals surface area contributed by atoms with Gasteiger partial charge in [-0.05, 0) is 38.3 Å². The van der Waals surface area contributed by atoms with Crippen LogP contribution in [0, 0.1) is 0 Å². The maximum Gasteiger partial charge on any atom is 0.263 e. The van der Waals surface area contributed by atoms with Crippen LogP contribution in [-0.4, -0.2) is 40.7 Å². The Hall–Kier alpha value is -1.26. The molecule has 1 fully saturated rings. The number of carbonyl (C=O) groups excluding carboxylic acids is 1. The number of hydrogen-bond acceptors (Lipinski definition) is 3. The van der Waals surface area contributed by atoms with Crippen molar-refractivity contribution in [3.63, 3.8) is 0 Å². The van der Waals surface area contributed by atoms with Gasteiger partial charge in [-0.2, -0.15) is 0 Å². The lowest BCUT2D eigenvalue weighted by molar-refractivity contribution is -0.142. The molecule has 0 radical (unpaired) electrons. The van der Waals surface area contributed by atoms with E-state index in [1.807, 2.05) is 19.1 Å². The summed E-state index contributed by atoms with van der Waals surface area (Å²) < 4.78 is 5.65. The number of piperidine rings is 1. The third-order valence-corrected chi connectivity index (χ3v) is 4.46. The molecule has 5 heteroatoms. The molecule has 1 aromatic carbocycles. The van der Waals surface area contributed by atoms with Crippen LogP contribution in [0.5, 0.6) is 5.75 Å². The summed E-state index contributed by atoms with van der Waals surface area (Å²) >= 11 is 6.03. The molecule has 1 N–H and O–H groups in total. The minimum Gasteiger partial charge on any atom is -0.479 e. The lowest BCUT2D eigenvalue weighted by atomic mass is 9.89. The monoisotopic (exact) mass is 311 g/mol. The number of nitrogens with zero attached hydrogens (tertiary/aromatic N) is 1. The van der Waals surface area contributed by atoms with Crippen LogP contribution in [0.25, 0.3) is 0 Å². The van der Waals surface area contributed by atoms with E-state index in [0.29, 0.717) is 36.7 Å². The second-order valence-electron chi connectivity index (χ2n) is 5.59. The third kappa shape index (κ3) is 3.89. The summed E-state index contributed by atoms with van der Waals surface area (Å²) in [6.07, 6.45) is 1.38. The number of carbonyl (C=O) groups is 1. The molecule has 2 rings (SSSR count). The molecule has 0 saturated carbocycles. The van der Waals surface area contributed by atoms with Crippen molar-refractivity contribution in [3.05, 3.63) is 29.3 Å². The summed E-state index contributed by atoms with van der Waals surface area (Å²) in [5.41, 5.74) is -0.621. The Morgan fingerprint density at radius 3 is 2.62 bits per heavy atom. The maximum absolute atomic E-state index is 12.4. The lowest BCUT2D eigenvalue weighted by Gasteiger charge is -2.38. The van der Waals surface area contributed by atoms with Gasteiger partial charge in [0.2, 0.25) is 0 Å². The van der Waals surface area contributed by atoms with Crippen molar-refractivity contribution in [1.82, 2.24) is 4.90 Å². The van der Waals surface area contributed by atoms with E-state index in [-0.39, 0.29) is 5.91 Å². The van der Waals surface area contributed by atoms with Crippen molar-refractivity contribution in [1.29, 1.82) is 0 Å². The number of hydrogen-bond donors (Lipinski definition) is 1. The van der Waals surface area contributed by atoms with Crippen molar-refractivity contribution < 1.29 is 14.6 Å². The van der Waals surface area contributed by atoms with E-state index in [4.69, 9.17) is 16.3 Å². The van der Waals surface area contributed by atoms with Crippen LogP contribution in [0.3, 0.4) is 0 Å². The molecule has 1 amide bonds. The van der Waals surface area contributed by atoms with Crippen molar-refractivity contribution in [2.24, 2.45) is 0 Å². The molecule has 0 bridgehead atoms. The van der Waals surface area contributed by atoms with Crippen LogP contribution < -0.4 is 4.74 Å². The van der Waals surface area contributed by atoms with E-state index < -0.39 is 11.7 Å². The number of halogens is 1. The van der Waals surface area contributed by atoms with Gasteiger partial charge in [0, 0.05) is 13.1 Å². The SMILES string of the molecule is CCC1(O)CCN(C(=O)[C@H](C)Oc2ccccc2Cl)CC1. The molecular formula is C16H22ClNO3. The van der Waals surface area contributed by atoms with Crippen molar-refractivity contribution in [3.8, 4) is 5.75 Å². The number of amides is 1. The summed E-state index contributed by atoms with van der Waals surface area (Å²) in [6.45, 7) is 4.84. The van der Waals surface area contributed by atoms with Gasteiger partial charge in [-0.15, -0.1) is 0 Å². The minimum absolute atomic E-state index is 0.0620. The zero-order chi connectivity index (χ0) is 15.5. The smallest absolute Gasteiger partial charge is 0.263 e. The van der Waals surface area contributed by atoms with Crippen molar-refractivity contribution >= 4 is 17.5 Å². The molecule has 0 spiro atoms. The van der Waals surface area contributed by atoms with Crippen LogP contribution in [0.15, 0.2) is 24.3 Å². The number of rotatable bonds is 4. The van der Waals surface area contributed by atoms with Crippen molar-refractivity contribution in [2.75, 3.05) is 13.1 Å². The molecule has 0 aliphatic carbocycles. The molecule has 0 unspecified atom stereocenters. The normalized spacial score (nSPS) is 19.1. The molecule has 4 nitrogen and oxygen atoms in total. The van der Waals surface area contributed by atoms with Crippen LogP contribution in [0.1, 0.15) is 33.1 Å². The highest BCUT2D eigenvalue weighted by Gasteiger charge is 2.34. The van der Waals surface area contributed by atoms with Gasteiger partial charge in [-0.3, -0.25) is 4.79 Å². The molecule has 1 aromatic rings. The summed E-state index contributed by atoms with van der Waals surface area (Å²) in [5.74, 6) is 0.454. The predicted octanol–water partition coefficient (Wildman–Crippen LogP) is 2.87. The number of ether oxygens (including phenoxy) is 1. The summed E-state index contributed by atoms with van der Waals surface area (Å²) in [4.78, 5) is 14.1. The first-order valence-corrected chi connectivity index (χ1v) is 7.75. The van der Waals surface area contributed by atoms with E-state index in [9.17, 15) is 9.90 Å². The molecule has 1 atom stereocenters. The number of aliphatic hydroxyl groups is 1. The maximum atomic E-state index is 12.4. The Labute approximate surface area is 130 Å². The van der Waals surface area contributed by atoms with Gasteiger partial charge in [-0.1, -0.05) is 30.7 Å². The van der Waals surface area contributed by atoms with Crippen LogP contribution in [0.2, 0.25) is 5.02 Å². The Kier molecular flexibility index (Phi) is 5.12. The predicted molar refractivity (Wildman–Crippen MR) is 82.6 cm³/mol. The van der Waals surface area contributed by atoms with E-state index in [1.54, 1.807) is 24.0 Å². The first kappa shape index (κ1) is 16.1. The second-order valence-corrected chi connectivity index (χ2v) is 6.00. The Morgan fingerprint density at radius 2 is 2.05 bits per heavy atom. The Balaban J connectivity index is 1.93. The fourth-order valence-electron chi connectivity index (χ4n) is 2.54. The fraction of sp³-hybridized carbons (Fsp3) is 0.562. The first-order valence-electron chi connectivity index (χ1n) is 7.37. The average molecular weight is 312 g/mol. The third-order valence-electron chi connectivity index (χ3n) is 4.15. The quantitative estimate of drug-likeness (QED) is 0.930.